The molecule has 1 aliphatic heterocycles. The fourth-order valence-corrected chi connectivity index (χ4v) is 6.07. The van der Waals surface area contributed by atoms with E-state index in [0.717, 1.165) is 20.6 Å². The molecule has 0 radical (unpaired) electrons. The zero-order chi connectivity index (χ0) is 16.4. The summed E-state index contributed by atoms with van der Waals surface area (Å²) in [7, 11) is -1.87. The molecular weight excluding hydrogens is 445 g/mol. The first-order chi connectivity index (χ1) is 11.0. The highest BCUT2D eigenvalue weighted by molar-refractivity contribution is 14.1. The summed E-state index contributed by atoms with van der Waals surface area (Å²) in [6, 6.07) is 14.6. The maximum absolute atomic E-state index is 12.9. The smallest absolute Gasteiger partial charge is 0.244 e. The maximum Gasteiger partial charge on any atom is 0.244 e. The second-order valence-electron chi connectivity index (χ2n) is 5.07. The molecule has 3 rings (SSSR count). The minimum absolute atomic E-state index is 0.190. The van der Waals surface area contributed by atoms with Crippen molar-refractivity contribution in [3.8, 4) is 5.75 Å². The lowest BCUT2D eigenvalue weighted by Gasteiger charge is -2.23. The van der Waals surface area contributed by atoms with Gasteiger partial charge in [0.25, 0.3) is 0 Å². The van der Waals surface area contributed by atoms with E-state index in [1.165, 1.54) is 0 Å². The molecular formula is C16H16INO3S2. The first kappa shape index (κ1) is 17.1. The molecule has 1 saturated heterocycles. The summed E-state index contributed by atoms with van der Waals surface area (Å²) in [5.74, 6) is 1.56. The molecule has 1 heterocycles. The normalized spacial score (nSPS) is 19.0. The monoisotopic (exact) mass is 461 g/mol. The van der Waals surface area contributed by atoms with Gasteiger partial charge < -0.3 is 4.74 Å². The van der Waals surface area contributed by atoms with Gasteiger partial charge in [0.15, 0.2) is 0 Å². The molecule has 1 atom stereocenters. The van der Waals surface area contributed by atoms with Crippen LogP contribution in [-0.2, 0) is 10.0 Å². The second-order valence-corrected chi connectivity index (χ2v) is 9.39. The SMILES string of the molecule is COc1ccc([C@@H]2SCCN2S(=O)(=O)c2ccc(I)cc2)cc1. The van der Waals surface area contributed by atoms with Gasteiger partial charge in [0, 0.05) is 15.9 Å². The minimum Gasteiger partial charge on any atom is -0.497 e. The first-order valence-electron chi connectivity index (χ1n) is 7.05. The number of benzene rings is 2. The molecule has 0 N–H and O–H groups in total. The number of nitrogens with zero attached hydrogens (tertiary/aromatic N) is 1. The molecule has 0 spiro atoms. The maximum atomic E-state index is 12.9. The highest BCUT2D eigenvalue weighted by atomic mass is 127. The molecule has 0 bridgehead atoms. The Morgan fingerprint density at radius 1 is 1.13 bits per heavy atom. The Kier molecular flexibility index (Phi) is 5.19. The van der Waals surface area contributed by atoms with Crippen LogP contribution in [0.4, 0.5) is 0 Å². The van der Waals surface area contributed by atoms with E-state index in [4.69, 9.17) is 4.74 Å². The van der Waals surface area contributed by atoms with Crippen LogP contribution in [0.2, 0.25) is 0 Å². The number of ether oxygens (including phenoxy) is 1. The highest BCUT2D eigenvalue weighted by Crippen LogP contribution is 2.41. The molecule has 0 amide bonds. The zero-order valence-corrected chi connectivity index (χ0v) is 16.3. The van der Waals surface area contributed by atoms with E-state index in [1.807, 2.05) is 36.4 Å². The third kappa shape index (κ3) is 3.52. The van der Waals surface area contributed by atoms with Gasteiger partial charge in [-0.3, -0.25) is 0 Å². The summed E-state index contributed by atoms with van der Waals surface area (Å²) in [5, 5.41) is -0.190. The third-order valence-electron chi connectivity index (χ3n) is 3.67. The lowest BCUT2D eigenvalue weighted by atomic mass is 10.2. The first-order valence-corrected chi connectivity index (χ1v) is 10.6. The van der Waals surface area contributed by atoms with Crippen molar-refractivity contribution in [2.24, 2.45) is 0 Å². The van der Waals surface area contributed by atoms with Crippen molar-refractivity contribution < 1.29 is 13.2 Å². The quantitative estimate of drug-likeness (QED) is 0.652. The van der Waals surface area contributed by atoms with Crippen LogP contribution in [0.25, 0.3) is 0 Å². The van der Waals surface area contributed by atoms with Crippen LogP contribution in [-0.4, -0.2) is 32.1 Å². The van der Waals surface area contributed by atoms with Gasteiger partial charge in [-0.05, 0) is 64.6 Å². The lowest BCUT2D eigenvalue weighted by molar-refractivity contribution is 0.413. The van der Waals surface area contributed by atoms with Gasteiger partial charge in [-0.25, -0.2) is 8.42 Å². The topological polar surface area (TPSA) is 46.6 Å². The van der Waals surface area contributed by atoms with Crippen LogP contribution in [0.3, 0.4) is 0 Å². The predicted molar refractivity (Wildman–Crippen MR) is 101 cm³/mol. The van der Waals surface area contributed by atoms with Gasteiger partial charge in [0.05, 0.1) is 17.4 Å². The van der Waals surface area contributed by atoms with E-state index in [1.54, 1.807) is 35.3 Å². The average Bonchev–Trinajstić information content (AvgIpc) is 3.06. The molecule has 0 unspecified atom stereocenters. The molecule has 0 saturated carbocycles. The van der Waals surface area contributed by atoms with Crippen molar-refractivity contribution in [3.05, 3.63) is 57.7 Å². The van der Waals surface area contributed by atoms with Crippen molar-refractivity contribution in [1.82, 2.24) is 4.31 Å². The molecule has 2 aromatic carbocycles. The fraction of sp³-hybridized carbons (Fsp3) is 0.250. The average molecular weight is 461 g/mol. The van der Waals surface area contributed by atoms with Gasteiger partial charge >= 0.3 is 0 Å². The zero-order valence-electron chi connectivity index (χ0n) is 12.5. The molecule has 23 heavy (non-hydrogen) atoms. The summed E-state index contributed by atoms with van der Waals surface area (Å²) < 4.78 is 33.6. The standard InChI is InChI=1S/C16H16INO3S2/c1-21-14-6-2-12(3-7-14)16-18(10-11-22-16)23(19,20)15-8-4-13(17)5-9-15/h2-9,16H,10-11H2,1H3/t16-/m0/s1. The van der Waals surface area contributed by atoms with Crippen LogP contribution in [0.1, 0.15) is 10.9 Å². The third-order valence-corrected chi connectivity index (χ3v) is 7.66. The number of hydrogen-bond donors (Lipinski definition) is 0. The Hall–Kier alpha value is -0.770. The van der Waals surface area contributed by atoms with Crippen LogP contribution in [0, 0.1) is 3.57 Å². The molecule has 1 aliphatic rings. The van der Waals surface area contributed by atoms with Crippen molar-refractivity contribution in [2.45, 2.75) is 10.3 Å². The second kappa shape index (κ2) is 7.00. The Morgan fingerprint density at radius 3 is 2.39 bits per heavy atom. The molecule has 122 valence electrons. The predicted octanol–water partition coefficient (Wildman–Crippen LogP) is 3.74. The van der Waals surface area contributed by atoms with E-state index >= 15 is 0 Å². The summed E-state index contributed by atoms with van der Waals surface area (Å²) in [5.41, 5.74) is 0.974. The number of hydrogen-bond acceptors (Lipinski definition) is 4. The summed E-state index contributed by atoms with van der Waals surface area (Å²) in [6.45, 7) is 0.523. The van der Waals surface area contributed by atoms with Crippen molar-refractivity contribution in [3.63, 3.8) is 0 Å². The van der Waals surface area contributed by atoms with E-state index in [9.17, 15) is 8.42 Å². The van der Waals surface area contributed by atoms with Crippen molar-refractivity contribution in [2.75, 3.05) is 19.4 Å². The van der Waals surface area contributed by atoms with E-state index in [-0.39, 0.29) is 5.37 Å². The van der Waals surface area contributed by atoms with Gasteiger partial charge in [-0.15, -0.1) is 11.8 Å². The largest absolute Gasteiger partial charge is 0.497 e. The summed E-state index contributed by atoms with van der Waals surface area (Å²) in [6.07, 6.45) is 0. The van der Waals surface area contributed by atoms with Gasteiger partial charge in [0.2, 0.25) is 10.0 Å². The molecule has 0 aliphatic carbocycles. The van der Waals surface area contributed by atoms with Gasteiger partial charge in [0.1, 0.15) is 5.75 Å². The molecule has 4 nitrogen and oxygen atoms in total. The molecule has 2 aromatic rings. The van der Waals surface area contributed by atoms with Crippen molar-refractivity contribution in [1.29, 1.82) is 0 Å². The number of rotatable bonds is 4. The van der Waals surface area contributed by atoms with Gasteiger partial charge in [-0.2, -0.15) is 4.31 Å². The van der Waals surface area contributed by atoms with E-state index in [0.29, 0.717) is 11.4 Å². The van der Waals surface area contributed by atoms with Crippen LogP contribution in [0.5, 0.6) is 5.75 Å². The lowest BCUT2D eigenvalue weighted by Crippen LogP contribution is -2.30. The molecule has 7 heteroatoms. The Bertz CT molecular complexity index is 776. The van der Waals surface area contributed by atoms with Crippen molar-refractivity contribution >= 4 is 44.4 Å². The summed E-state index contributed by atoms with van der Waals surface area (Å²) >= 11 is 3.81. The number of sulfonamides is 1. The van der Waals surface area contributed by atoms with Gasteiger partial charge in [-0.1, -0.05) is 12.1 Å². The molecule has 0 aromatic heterocycles. The minimum atomic E-state index is -3.49. The van der Waals surface area contributed by atoms with E-state index in [2.05, 4.69) is 22.6 Å². The fourth-order valence-electron chi connectivity index (χ4n) is 2.47. The van der Waals surface area contributed by atoms with Crippen LogP contribution >= 0.6 is 34.4 Å². The Balaban J connectivity index is 1.92. The highest BCUT2D eigenvalue weighted by Gasteiger charge is 2.36. The Morgan fingerprint density at radius 2 is 1.78 bits per heavy atom. The Labute approximate surface area is 154 Å². The van der Waals surface area contributed by atoms with Crippen LogP contribution in [0.15, 0.2) is 53.4 Å². The number of thioether (sulfide) groups is 1. The van der Waals surface area contributed by atoms with Crippen LogP contribution < -0.4 is 4.74 Å². The number of methoxy groups -OCH3 is 1. The van der Waals surface area contributed by atoms with E-state index < -0.39 is 10.0 Å². The number of halogens is 1. The summed E-state index contributed by atoms with van der Waals surface area (Å²) in [4.78, 5) is 0.346. The molecule has 1 fully saturated rings.